The first-order valence-electron chi connectivity index (χ1n) is 8.27. The maximum absolute atomic E-state index is 3.73. The molecule has 1 aliphatic rings. The molecule has 1 aliphatic heterocycles. The molecule has 2 heteroatoms. The minimum absolute atomic E-state index is 0.586. The second-order valence-electron chi connectivity index (χ2n) is 6.56. The zero-order chi connectivity index (χ0) is 15.5. The minimum atomic E-state index is 0.586. The number of anilines is 2. The van der Waals surface area contributed by atoms with E-state index in [2.05, 4.69) is 73.5 Å². The van der Waals surface area contributed by atoms with E-state index in [-0.39, 0.29) is 0 Å². The van der Waals surface area contributed by atoms with Crippen LogP contribution in [0.4, 0.5) is 11.4 Å². The summed E-state index contributed by atoms with van der Waals surface area (Å²) in [6.45, 7) is 8.74. The molecular weight excluding hydrogens is 268 g/mol. The van der Waals surface area contributed by atoms with E-state index in [4.69, 9.17) is 0 Å². The van der Waals surface area contributed by atoms with Crippen molar-refractivity contribution in [2.45, 2.75) is 39.7 Å². The van der Waals surface area contributed by atoms with Crippen molar-refractivity contribution < 1.29 is 0 Å². The molecule has 22 heavy (non-hydrogen) atoms. The highest BCUT2D eigenvalue weighted by Crippen LogP contribution is 2.24. The molecule has 2 aromatic carbocycles. The third-order valence-corrected chi connectivity index (χ3v) is 4.64. The predicted octanol–water partition coefficient (Wildman–Crippen LogP) is 4.69. The Labute approximate surface area is 134 Å². The Morgan fingerprint density at radius 2 is 1.50 bits per heavy atom. The van der Waals surface area contributed by atoms with Crippen molar-refractivity contribution in [2.24, 2.45) is 0 Å². The molecule has 116 valence electrons. The van der Waals surface area contributed by atoms with Gasteiger partial charge in [-0.25, -0.2) is 0 Å². The normalized spacial score (nSPS) is 15.9. The van der Waals surface area contributed by atoms with E-state index >= 15 is 0 Å². The molecule has 0 unspecified atom stereocenters. The van der Waals surface area contributed by atoms with Gasteiger partial charge in [-0.3, -0.25) is 0 Å². The van der Waals surface area contributed by atoms with E-state index in [0.717, 1.165) is 13.1 Å². The van der Waals surface area contributed by atoms with Gasteiger partial charge in [0.05, 0.1) is 0 Å². The van der Waals surface area contributed by atoms with Crippen LogP contribution in [0.3, 0.4) is 0 Å². The summed E-state index contributed by atoms with van der Waals surface area (Å²) in [5.41, 5.74) is 6.66. The van der Waals surface area contributed by atoms with E-state index in [0.29, 0.717) is 6.04 Å². The maximum atomic E-state index is 3.73. The quantitative estimate of drug-likeness (QED) is 0.883. The highest BCUT2D eigenvalue weighted by Gasteiger charge is 2.19. The number of nitrogens with one attached hydrogen (secondary N) is 1. The molecule has 3 rings (SSSR count). The first-order chi connectivity index (χ1) is 10.6. The van der Waals surface area contributed by atoms with Gasteiger partial charge in [0, 0.05) is 30.5 Å². The minimum Gasteiger partial charge on any atom is -0.382 e. The fourth-order valence-corrected chi connectivity index (χ4v) is 3.23. The molecule has 0 aromatic heterocycles. The second-order valence-corrected chi connectivity index (χ2v) is 6.56. The summed E-state index contributed by atoms with van der Waals surface area (Å²) in [6.07, 6.45) is 2.39. The number of hydrogen-bond donors (Lipinski definition) is 1. The molecule has 0 aliphatic carbocycles. The molecular formula is C20H26N2. The van der Waals surface area contributed by atoms with E-state index < -0.39 is 0 Å². The molecule has 1 heterocycles. The lowest BCUT2D eigenvalue weighted by molar-refractivity contribution is 0.526. The highest BCUT2D eigenvalue weighted by molar-refractivity contribution is 5.53. The van der Waals surface area contributed by atoms with Crippen molar-refractivity contribution >= 4 is 11.4 Å². The van der Waals surface area contributed by atoms with Gasteiger partial charge in [0.1, 0.15) is 0 Å². The molecule has 2 aromatic rings. The molecule has 2 nitrogen and oxygen atoms in total. The molecule has 0 radical (unpaired) electrons. The number of piperidine rings is 1. The number of rotatable bonds is 3. The van der Waals surface area contributed by atoms with Crippen molar-refractivity contribution in [1.82, 2.24) is 0 Å². The van der Waals surface area contributed by atoms with Gasteiger partial charge in [0.2, 0.25) is 0 Å². The zero-order valence-corrected chi connectivity index (χ0v) is 13.9. The van der Waals surface area contributed by atoms with Crippen LogP contribution in [-0.2, 0) is 0 Å². The lowest BCUT2D eigenvalue weighted by atomic mass is 10.0. The SMILES string of the molecule is Cc1ccc(N2CCC(Nc3ccc(C)cc3C)CC2)cc1. The fourth-order valence-electron chi connectivity index (χ4n) is 3.23. The second kappa shape index (κ2) is 6.43. The summed E-state index contributed by atoms with van der Waals surface area (Å²) in [5.74, 6) is 0. The molecule has 1 N–H and O–H groups in total. The summed E-state index contributed by atoms with van der Waals surface area (Å²) in [6, 6.07) is 16.1. The van der Waals surface area contributed by atoms with Gasteiger partial charge >= 0.3 is 0 Å². The van der Waals surface area contributed by atoms with Gasteiger partial charge in [0.15, 0.2) is 0 Å². The maximum Gasteiger partial charge on any atom is 0.0372 e. The number of aryl methyl sites for hydroxylation is 3. The number of nitrogens with zero attached hydrogens (tertiary/aromatic N) is 1. The van der Waals surface area contributed by atoms with Gasteiger partial charge in [0.25, 0.3) is 0 Å². The van der Waals surface area contributed by atoms with Gasteiger partial charge in [-0.05, 0) is 57.4 Å². The van der Waals surface area contributed by atoms with Crippen LogP contribution in [0.25, 0.3) is 0 Å². The average molecular weight is 294 g/mol. The van der Waals surface area contributed by atoms with Gasteiger partial charge in [-0.2, -0.15) is 0 Å². The van der Waals surface area contributed by atoms with Gasteiger partial charge in [-0.1, -0.05) is 35.4 Å². The summed E-state index contributed by atoms with van der Waals surface area (Å²) < 4.78 is 0. The van der Waals surface area contributed by atoms with E-state index in [1.165, 1.54) is 40.9 Å². The van der Waals surface area contributed by atoms with Crippen LogP contribution in [0.15, 0.2) is 42.5 Å². The molecule has 0 bridgehead atoms. The Morgan fingerprint density at radius 3 is 2.14 bits per heavy atom. The van der Waals surface area contributed by atoms with Crippen molar-refractivity contribution in [1.29, 1.82) is 0 Å². The summed E-state index contributed by atoms with van der Waals surface area (Å²) in [5, 5.41) is 3.73. The van der Waals surface area contributed by atoms with Crippen molar-refractivity contribution in [3.8, 4) is 0 Å². The van der Waals surface area contributed by atoms with Crippen LogP contribution in [-0.4, -0.2) is 19.1 Å². The Hall–Kier alpha value is -1.96. The standard InChI is InChI=1S/C20H26N2/c1-15-4-7-19(8-5-15)22-12-10-18(11-13-22)21-20-9-6-16(2)14-17(20)3/h4-9,14,18,21H,10-13H2,1-3H3. The van der Waals surface area contributed by atoms with Crippen LogP contribution in [0.5, 0.6) is 0 Å². The molecule has 1 fully saturated rings. The predicted molar refractivity (Wildman–Crippen MR) is 96.0 cm³/mol. The molecule has 0 amide bonds. The van der Waals surface area contributed by atoms with Gasteiger partial charge < -0.3 is 10.2 Å². The highest BCUT2D eigenvalue weighted by atomic mass is 15.1. The fraction of sp³-hybridized carbons (Fsp3) is 0.400. The van der Waals surface area contributed by atoms with E-state index in [1.54, 1.807) is 0 Å². The molecule has 0 atom stereocenters. The first kappa shape index (κ1) is 15.0. The van der Waals surface area contributed by atoms with Crippen LogP contribution in [0.1, 0.15) is 29.5 Å². The largest absolute Gasteiger partial charge is 0.382 e. The molecule has 1 saturated heterocycles. The lowest BCUT2D eigenvalue weighted by Gasteiger charge is -2.34. The van der Waals surface area contributed by atoms with Gasteiger partial charge in [-0.15, -0.1) is 0 Å². The van der Waals surface area contributed by atoms with Crippen LogP contribution < -0.4 is 10.2 Å². The van der Waals surface area contributed by atoms with Crippen LogP contribution >= 0.6 is 0 Å². The Morgan fingerprint density at radius 1 is 0.864 bits per heavy atom. The van der Waals surface area contributed by atoms with E-state index in [1.807, 2.05) is 0 Å². The van der Waals surface area contributed by atoms with E-state index in [9.17, 15) is 0 Å². The smallest absolute Gasteiger partial charge is 0.0372 e. The average Bonchev–Trinajstić information content (AvgIpc) is 2.52. The summed E-state index contributed by atoms with van der Waals surface area (Å²) >= 11 is 0. The third-order valence-electron chi connectivity index (χ3n) is 4.64. The number of hydrogen-bond acceptors (Lipinski definition) is 2. The van der Waals surface area contributed by atoms with Crippen LogP contribution in [0, 0.1) is 20.8 Å². The Kier molecular flexibility index (Phi) is 4.37. The Balaban J connectivity index is 1.58. The third kappa shape index (κ3) is 3.44. The van der Waals surface area contributed by atoms with Crippen molar-refractivity contribution in [2.75, 3.05) is 23.3 Å². The first-order valence-corrected chi connectivity index (χ1v) is 8.27. The molecule has 0 saturated carbocycles. The monoisotopic (exact) mass is 294 g/mol. The summed E-state index contributed by atoms with van der Waals surface area (Å²) in [4.78, 5) is 2.50. The summed E-state index contributed by atoms with van der Waals surface area (Å²) in [7, 11) is 0. The zero-order valence-electron chi connectivity index (χ0n) is 13.9. The van der Waals surface area contributed by atoms with Crippen molar-refractivity contribution in [3.05, 3.63) is 59.2 Å². The Bertz CT molecular complexity index is 623. The van der Waals surface area contributed by atoms with Crippen LogP contribution in [0.2, 0.25) is 0 Å². The lowest BCUT2D eigenvalue weighted by Crippen LogP contribution is -2.39. The van der Waals surface area contributed by atoms with Crippen molar-refractivity contribution in [3.63, 3.8) is 0 Å². The topological polar surface area (TPSA) is 15.3 Å². The number of benzene rings is 2. The molecule has 0 spiro atoms.